The molecule has 0 unspecified atom stereocenters. The zero-order chi connectivity index (χ0) is 17.5. The summed E-state index contributed by atoms with van der Waals surface area (Å²) in [5.41, 5.74) is 0.923. The number of imidazole rings is 1. The predicted octanol–water partition coefficient (Wildman–Crippen LogP) is -0.723. The molecule has 11 nitrogen and oxygen atoms in total. The van der Waals surface area contributed by atoms with Crippen molar-refractivity contribution in [3.05, 3.63) is 12.7 Å². The maximum Gasteiger partial charge on any atom is 0.469 e. The first-order chi connectivity index (χ1) is 11.3. The average Bonchev–Trinajstić information content (AvgIpc) is 3.07. The van der Waals surface area contributed by atoms with Gasteiger partial charge in [0, 0.05) is 0 Å². The molecule has 3 rings (SSSR count). The molecule has 4 N–H and O–H groups in total. The first-order valence-corrected chi connectivity index (χ1v) is 9.50. The third-order valence-electron chi connectivity index (χ3n) is 3.54. The number of phosphoric acid groups is 1. The van der Waals surface area contributed by atoms with Crippen molar-refractivity contribution in [2.75, 3.05) is 12.9 Å². The lowest BCUT2D eigenvalue weighted by atomic mass is 10.1. The van der Waals surface area contributed by atoms with Crippen molar-refractivity contribution in [2.24, 2.45) is 0 Å². The van der Waals surface area contributed by atoms with Crippen LogP contribution in [0, 0.1) is 0 Å². The minimum Gasteiger partial charge on any atom is -0.387 e. The van der Waals surface area contributed by atoms with E-state index in [2.05, 4.69) is 19.5 Å². The van der Waals surface area contributed by atoms with Gasteiger partial charge in [-0.25, -0.2) is 19.5 Å². The Hall–Kier alpha value is -1.11. The standard InChI is InChI=1S/C11H15N4O7PS/c1-24-10-6-9(12-3-13-10)15(4-14-6)11-8(17)7(16)5(22-11)2-21-23(18,19)20/h3-5,7-8,11,16-17H,2H2,1H3,(H2,18,19,20)/t5-,7-,8-,11-/m1/s1. The molecule has 132 valence electrons. The molecule has 0 radical (unpaired) electrons. The number of ether oxygens (including phenoxy) is 1. The van der Waals surface area contributed by atoms with Gasteiger partial charge in [0.2, 0.25) is 0 Å². The third kappa shape index (κ3) is 3.32. The van der Waals surface area contributed by atoms with Crippen LogP contribution in [-0.4, -0.2) is 70.7 Å². The van der Waals surface area contributed by atoms with E-state index in [0.29, 0.717) is 16.2 Å². The summed E-state index contributed by atoms with van der Waals surface area (Å²) < 4.78 is 22.0. The summed E-state index contributed by atoms with van der Waals surface area (Å²) in [4.78, 5) is 29.9. The van der Waals surface area contributed by atoms with Crippen LogP contribution in [0.25, 0.3) is 11.2 Å². The van der Waals surface area contributed by atoms with Crippen LogP contribution in [0.1, 0.15) is 6.23 Å². The van der Waals surface area contributed by atoms with E-state index < -0.39 is 39.0 Å². The predicted molar refractivity (Wildman–Crippen MR) is 81.0 cm³/mol. The van der Waals surface area contributed by atoms with Crippen molar-refractivity contribution in [3.8, 4) is 0 Å². The normalized spacial score (nSPS) is 27.9. The van der Waals surface area contributed by atoms with Crippen molar-refractivity contribution < 1.29 is 33.8 Å². The minimum absolute atomic E-state index is 0.405. The van der Waals surface area contributed by atoms with Gasteiger partial charge in [-0.15, -0.1) is 11.8 Å². The van der Waals surface area contributed by atoms with Gasteiger partial charge in [0.05, 0.1) is 12.9 Å². The molecular weight excluding hydrogens is 363 g/mol. The maximum atomic E-state index is 10.8. The Morgan fingerprint density at radius 2 is 2.08 bits per heavy atom. The molecule has 2 aromatic rings. The van der Waals surface area contributed by atoms with E-state index in [0.717, 1.165) is 0 Å². The molecule has 1 fully saturated rings. The molecule has 0 aromatic carbocycles. The number of fused-ring (bicyclic) bond motifs is 1. The lowest BCUT2D eigenvalue weighted by Crippen LogP contribution is -2.33. The number of thioether (sulfide) groups is 1. The Morgan fingerprint density at radius 3 is 2.75 bits per heavy atom. The summed E-state index contributed by atoms with van der Waals surface area (Å²) in [7, 11) is -4.71. The van der Waals surface area contributed by atoms with E-state index in [-0.39, 0.29) is 0 Å². The summed E-state index contributed by atoms with van der Waals surface area (Å²) in [5.74, 6) is 0. The number of aromatic nitrogens is 4. The van der Waals surface area contributed by atoms with Crippen LogP contribution < -0.4 is 0 Å². The quantitative estimate of drug-likeness (QED) is 0.295. The lowest BCUT2D eigenvalue weighted by Gasteiger charge is -2.16. The summed E-state index contributed by atoms with van der Waals surface area (Å²) in [5, 5.41) is 20.9. The number of rotatable bonds is 5. The first kappa shape index (κ1) is 17.7. The van der Waals surface area contributed by atoms with Crippen LogP contribution in [0.5, 0.6) is 0 Å². The monoisotopic (exact) mass is 378 g/mol. The highest BCUT2D eigenvalue weighted by Gasteiger charge is 2.45. The summed E-state index contributed by atoms with van der Waals surface area (Å²) in [6.07, 6.45) is -0.302. The second kappa shape index (κ2) is 6.65. The van der Waals surface area contributed by atoms with Gasteiger partial charge in [-0.05, 0) is 6.26 Å². The lowest BCUT2D eigenvalue weighted by molar-refractivity contribution is -0.0504. The SMILES string of the molecule is CSc1ncnc2c1ncn2[C@@H]1O[C@H](COP(=O)(O)O)[C@@H](O)[C@H]1O. The number of hydrogen-bond acceptors (Lipinski definition) is 9. The van der Waals surface area contributed by atoms with Gasteiger partial charge in [0.1, 0.15) is 35.2 Å². The van der Waals surface area contributed by atoms with Gasteiger partial charge in [-0.2, -0.15) is 0 Å². The number of aliphatic hydroxyl groups is 2. The van der Waals surface area contributed by atoms with Gasteiger partial charge in [-0.3, -0.25) is 9.09 Å². The third-order valence-corrected chi connectivity index (χ3v) is 4.71. The molecule has 1 saturated heterocycles. The van der Waals surface area contributed by atoms with Gasteiger partial charge < -0.3 is 24.7 Å². The number of nitrogens with zero attached hydrogens (tertiary/aromatic N) is 4. The molecule has 3 heterocycles. The molecule has 1 aliphatic rings. The molecular formula is C11H15N4O7PS. The molecule has 0 saturated carbocycles. The average molecular weight is 378 g/mol. The summed E-state index contributed by atoms with van der Waals surface area (Å²) in [6, 6.07) is 0. The number of phosphoric ester groups is 1. The van der Waals surface area contributed by atoms with Crippen LogP contribution in [0.3, 0.4) is 0 Å². The van der Waals surface area contributed by atoms with E-state index in [1.807, 2.05) is 6.26 Å². The largest absolute Gasteiger partial charge is 0.469 e. The van der Waals surface area contributed by atoms with Gasteiger partial charge in [0.15, 0.2) is 11.9 Å². The van der Waals surface area contributed by atoms with E-state index in [9.17, 15) is 14.8 Å². The fraction of sp³-hybridized carbons (Fsp3) is 0.545. The maximum absolute atomic E-state index is 10.8. The Labute approximate surface area is 139 Å². The highest BCUT2D eigenvalue weighted by atomic mass is 32.2. The minimum atomic E-state index is -4.71. The molecule has 24 heavy (non-hydrogen) atoms. The Balaban J connectivity index is 1.86. The van der Waals surface area contributed by atoms with Crippen molar-refractivity contribution in [1.82, 2.24) is 19.5 Å². The summed E-state index contributed by atoms with van der Waals surface area (Å²) in [6.45, 7) is -0.573. The Bertz CT molecular complexity index is 783. The summed E-state index contributed by atoms with van der Waals surface area (Å²) >= 11 is 1.38. The molecule has 2 aromatic heterocycles. The zero-order valence-electron chi connectivity index (χ0n) is 12.3. The molecule has 4 atom stereocenters. The van der Waals surface area contributed by atoms with Gasteiger partial charge in [0.25, 0.3) is 0 Å². The van der Waals surface area contributed by atoms with Crippen molar-refractivity contribution in [1.29, 1.82) is 0 Å². The smallest absolute Gasteiger partial charge is 0.387 e. The van der Waals surface area contributed by atoms with Gasteiger partial charge >= 0.3 is 7.82 Å². The van der Waals surface area contributed by atoms with Crippen LogP contribution in [0.4, 0.5) is 0 Å². The Kier molecular flexibility index (Phi) is 4.91. The van der Waals surface area contributed by atoms with Crippen LogP contribution in [0.15, 0.2) is 17.7 Å². The zero-order valence-corrected chi connectivity index (χ0v) is 14.0. The molecule has 1 aliphatic heterocycles. The van der Waals surface area contributed by atoms with Crippen molar-refractivity contribution in [3.63, 3.8) is 0 Å². The highest BCUT2D eigenvalue weighted by Crippen LogP contribution is 2.38. The molecule has 0 spiro atoms. The second-order valence-corrected chi connectivity index (χ2v) is 7.07. The van der Waals surface area contributed by atoms with Gasteiger partial charge in [-0.1, -0.05) is 0 Å². The number of hydrogen-bond donors (Lipinski definition) is 4. The van der Waals surface area contributed by atoms with E-state index in [1.54, 1.807) is 0 Å². The molecule has 0 amide bonds. The topological polar surface area (TPSA) is 160 Å². The van der Waals surface area contributed by atoms with Crippen molar-refractivity contribution in [2.45, 2.75) is 29.6 Å². The van der Waals surface area contributed by atoms with Crippen LogP contribution in [0.2, 0.25) is 0 Å². The fourth-order valence-electron chi connectivity index (χ4n) is 2.43. The number of aliphatic hydroxyl groups excluding tert-OH is 2. The van der Waals surface area contributed by atoms with Crippen molar-refractivity contribution >= 4 is 30.7 Å². The highest BCUT2D eigenvalue weighted by molar-refractivity contribution is 7.98. The fourth-order valence-corrected chi connectivity index (χ4v) is 3.26. The first-order valence-electron chi connectivity index (χ1n) is 6.75. The van der Waals surface area contributed by atoms with E-state index in [1.165, 1.54) is 29.0 Å². The van der Waals surface area contributed by atoms with E-state index in [4.69, 9.17) is 14.5 Å². The molecule has 0 aliphatic carbocycles. The second-order valence-electron chi connectivity index (χ2n) is 5.04. The van der Waals surface area contributed by atoms with E-state index >= 15 is 0 Å². The molecule has 0 bridgehead atoms. The Morgan fingerprint density at radius 1 is 1.33 bits per heavy atom. The van der Waals surface area contributed by atoms with Crippen LogP contribution >= 0.6 is 19.6 Å². The molecule has 13 heteroatoms. The van der Waals surface area contributed by atoms with Crippen LogP contribution in [-0.2, 0) is 13.8 Å².